The third-order valence-corrected chi connectivity index (χ3v) is 3.98. The Morgan fingerprint density at radius 2 is 2.10 bits per heavy atom. The Kier molecular flexibility index (Phi) is 5.41. The first-order valence-electron chi connectivity index (χ1n) is 7.54. The lowest BCUT2D eigenvalue weighted by Crippen LogP contribution is -2.38. The fraction of sp³-hybridized carbons (Fsp3) is 0.562. The summed E-state index contributed by atoms with van der Waals surface area (Å²) in [5.74, 6) is 0.0828. The highest BCUT2D eigenvalue weighted by molar-refractivity contribution is 5.90. The zero-order valence-electron chi connectivity index (χ0n) is 12.3. The van der Waals surface area contributed by atoms with E-state index in [0.29, 0.717) is 18.2 Å². The zero-order valence-corrected chi connectivity index (χ0v) is 12.3. The summed E-state index contributed by atoms with van der Waals surface area (Å²) in [6, 6.07) is 7.93. The van der Waals surface area contributed by atoms with Crippen LogP contribution in [0.25, 0.3) is 0 Å². The molecule has 0 bridgehead atoms. The van der Waals surface area contributed by atoms with Gasteiger partial charge in [-0.15, -0.1) is 0 Å². The molecule has 0 saturated carbocycles. The van der Waals surface area contributed by atoms with Gasteiger partial charge in [0.25, 0.3) is 0 Å². The minimum atomic E-state index is 0.0828. The Balaban J connectivity index is 1.68. The number of carbonyl (C=O) groups is 1. The van der Waals surface area contributed by atoms with E-state index >= 15 is 0 Å². The highest BCUT2D eigenvalue weighted by atomic mass is 16.1. The van der Waals surface area contributed by atoms with Gasteiger partial charge in [-0.3, -0.25) is 4.79 Å². The summed E-state index contributed by atoms with van der Waals surface area (Å²) in [6.07, 6.45) is 5.42. The molecule has 1 aliphatic heterocycles. The highest BCUT2D eigenvalue weighted by Gasteiger charge is 2.17. The number of carbonyl (C=O) groups excluding carboxylic acids is 1. The van der Waals surface area contributed by atoms with E-state index in [2.05, 4.69) is 17.1 Å². The predicted molar refractivity (Wildman–Crippen MR) is 83.6 cm³/mol. The van der Waals surface area contributed by atoms with Crippen molar-refractivity contribution >= 4 is 17.3 Å². The molecule has 1 atom stereocenters. The lowest BCUT2D eigenvalue weighted by molar-refractivity contribution is -0.116. The number of nitrogen functional groups attached to an aromatic ring is 1. The number of hydrogen-bond acceptors (Lipinski definition) is 3. The van der Waals surface area contributed by atoms with Crippen LogP contribution < -0.4 is 11.1 Å². The molecule has 0 spiro atoms. The minimum Gasteiger partial charge on any atom is -0.399 e. The molecule has 0 aliphatic carbocycles. The smallest absolute Gasteiger partial charge is 0.224 e. The Hall–Kier alpha value is -1.55. The number of nitrogens with one attached hydrogen (secondary N) is 1. The van der Waals surface area contributed by atoms with E-state index in [1.54, 1.807) is 12.1 Å². The second-order valence-electron chi connectivity index (χ2n) is 5.65. The first-order valence-corrected chi connectivity index (χ1v) is 7.54. The van der Waals surface area contributed by atoms with Gasteiger partial charge >= 0.3 is 0 Å². The number of rotatable bonds is 5. The summed E-state index contributed by atoms with van der Waals surface area (Å²) in [7, 11) is 0. The molecule has 1 aromatic carbocycles. The van der Waals surface area contributed by atoms with Crippen molar-refractivity contribution in [2.75, 3.05) is 24.1 Å². The molecule has 4 heteroatoms. The zero-order chi connectivity index (χ0) is 14.4. The van der Waals surface area contributed by atoms with Gasteiger partial charge in [0.2, 0.25) is 5.91 Å². The molecule has 20 heavy (non-hydrogen) atoms. The number of hydrogen-bond donors (Lipinski definition) is 2. The van der Waals surface area contributed by atoms with Gasteiger partial charge in [-0.25, -0.2) is 0 Å². The van der Waals surface area contributed by atoms with Crippen LogP contribution >= 0.6 is 0 Å². The van der Waals surface area contributed by atoms with Crippen LogP contribution in [0.2, 0.25) is 0 Å². The molecule has 0 radical (unpaired) electrons. The normalized spacial score (nSPS) is 19.8. The van der Waals surface area contributed by atoms with Gasteiger partial charge in [0.15, 0.2) is 0 Å². The van der Waals surface area contributed by atoms with Crippen molar-refractivity contribution in [3.63, 3.8) is 0 Å². The molecule has 2 rings (SSSR count). The molecular formula is C16H25N3O. The van der Waals surface area contributed by atoms with E-state index < -0.39 is 0 Å². The van der Waals surface area contributed by atoms with Crippen molar-refractivity contribution < 1.29 is 4.79 Å². The van der Waals surface area contributed by atoms with E-state index in [0.717, 1.165) is 18.7 Å². The predicted octanol–water partition coefficient (Wildman–Crippen LogP) is 2.86. The van der Waals surface area contributed by atoms with Crippen molar-refractivity contribution in [2.45, 2.75) is 45.1 Å². The maximum absolute atomic E-state index is 11.9. The maximum atomic E-state index is 11.9. The van der Waals surface area contributed by atoms with E-state index in [4.69, 9.17) is 5.73 Å². The third-order valence-electron chi connectivity index (χ3n) is 3.98. The van der Waals surface area contributed by atoms with Gasteiger partial charge < -0.3 is 16.0 Å². The molecular weight excluding hydrogens is 250 g/mol. The third kappa shape index (κ3) is 4.53. The second-order valence-corrected chi connectivity index (χ2v) is 5.65. The SMILES string of the molecule is CC1CCCCN1CCCC(=O)Nc1ccc(N)cc1. The Morgan fingerprint density at radius 3 is 2.80 bits per heavy atom. The van der Waals surface area contributed by atoms with Gasteiger partial charge in [0.05, 0.1) is 0 Å². The van der Waals surface area contributed by atoms with E-state index in [1.807, 2.05) is 12.1 Å². The molecule has 1 heterocycles. The molecule has 1 amide bonds. The molecule has 3 N–H and O–H groups in total. The lowest BCUT2D eigenvalue weighted by atomic mass is 10.0. The van der Waals surface area contributed by atoms with E-state index in [9.17, 15) is 4.79 Å². The monoisotopic (exact) mass is 275 g/mol. The van der Waals surface area contributed by atoms with E-state index in [1.165, 1.54) is 25.8 Å². The van der Waals surface area contributed by atoms with Crippen LogP contribution in [0, 0.1) is 0 Å². The summed E-state index contributed by atoms with van der Waals surface area (Å²) in [6.45, 7) is 4.49. The first kappa shape index (κ1) is 14.9. The number of nitrogens with zero attached hydrogens (tertiary/aromatic N) is 1. The number of amides is 1. The molecule has 1 fully saturated rings. The van der Waals surface area contributed by atoms with Crippen LogP contribution in [0.5, 0.6) is 0 Å². The quantitative estimate of drug-likeness (QED) is 0.812. The van der Waals surface area contributed by atoms with Crippen LogP contribution in [-0.4, -0.2) is 29.9 Å². The van der Waals surface area contributed by atoms with Crippen molar-refractivity contribution in [1.82, 2.24) is 4.90 Å². The molecule has 1 saturated heterocycles. The number of anilines is 2. The summed E-state index contributed by atoms with van der Waals surface area (Å²) in [4.78, 5) is 14.4. The van der Waals surface area contributed by atoms with Crippen molar-refractivity contribution in [2.24, 2.45) is 0 Å². The van der Waals surface area contributed by atoms with Gasteiger partial charge in [-0.05, 0) is 63.5 Å². The Bertz CT molecular complexity index is 430. The van der Waals surface area contributed by atoms with Crippen LogP contribution in [0.3, 0.4) is 0 Å². The number of nitrogens with two attached hydrogens (primary N) is 1. The number of benzene rings is 1. The van der Waals surface area contributed by atoms with Crippen molar-refractivity contribution in [3.8, 4) is 0 Å². The molecule has 4 nitrogen and oxygen atoms in total. The first-order chi connectivity index (χ1) is 9.65. The molecule has 1 aliphatic rings. The number of piperidine rings is 1. The molecule has 1 aromatic rings. The maximum Gasteiger partial charge on any atom is 0.224 e. The van der Waals surface area contributed by atoms with Crippen LogP contribution in [-0.2, 0) is 4.79 Å². The van der Waals surface area contributed by atoms with Gasteiger partial charge in [0, 0.05) is 23.8 Å². The van der Waals surface area contributed by atoms with Gasteiger partial charge in [-0.2, -0.15) is 0 Å². The Morgan fingerprint density at radius 1 is 1.35 bits per heavy atom. The molecule has 110 valence electrons. The van der Waals surface area contributed by atoms with E-state index in [-0.39, 0.29) is 5.91 Å². The number of likely N-dealkylation sites (tertiary alicyclic amines) is 1. The van der Waals surface area contributed by atoms with Gasteiger partial charge in [-0.1, -0.05) is 6.42 Å². The lowest BCUT2D eigenvalue weighted by Gasteiger charge is -2.33. The molecule has 0 aromatic heterocycles. The van der Waals surface area contributed by atoms with Gasteiger partial charge in [0.1, 0.15) is 0 Å². The topological polar surface area (TPSA) is 58.4 Å². The average molecular weight is 275 g/mol. The minimum absolute atomic E-state index is 0.0828. The van der Waals surface area contributed by atoms with Crippen molar-refractivity contribution in [3.05, 3.63) is 24.3 Å². The molecule has 1 unspecified atom stereocenters. The van der Waals surface area contributed by atoms with Crippen LogP contribution in [0.1, 0.15) is 39.0 Å². The standard InChI is InChI=1S/C16H25N3O/c1-13-5-2-3-11-19(13)12-4-6-16(20)18-15-9-7-14(17)8-10-15/h7-10,13H,2-6,11-12,17H2,1H3,(H,18,20). The van der Waals surface area contributed by atoms with Crippen molar-refractivity contribution in [1.29, 1.82) is 0 Å². The largest absolute Gasteiger partial charge is 0.399 e. The summed E-state index contributed by atoms with van der Waals surface area (Å²) in [5, 5.41) is 2.91. The van der Waals surface area contributed by atoms with Crippen LogP contribution in [0.4, 0.5) is 11.4 Å². The summed E-state index contributed by atoms with van der Waals surface area (Å²) >= 11 is 0. The Labute approximate surface area is 121 Å². The summed E-state index contributed by atoms with van der Waals surface area (Å²) < 4.78 is 0. The fourth-order valence-corrected chi connectivity index (χ4v) is 2.72. The fourth-order valence-electron chi connectivity index (χ4n) is 2.72. The average Bonchev–Trinajstić information content (AvgIpc) is 2.43. The summed E-state index contributed by atoms with van der Waals surface area (Å²) in [5.41, 5.74) is 7.14. The van der Waals surface area contributed by atoms with Crippen LogP contribution in [0.15, 0.2) is 24.3 Å². The highest BCUT2D eigenvalue weighted by Crippen LogP contribution is 2.17. The second kappa shape index (κ2) is 7.29.